The minimum Gasteiger partial charge on any atom is -0.454 e. The van der Waals surface area contributed by atoms with Gasteiger partial charge in [0.25, 0.3) is 0 Å². The number of hydrogen-bond acceptors (Lipinski definition) is 5. The number of rotatable bonds is 7. The van der Waals surface area contributed by atoms with Crippen LogP contribution in [-0.4, -0.2) is 33.4 Å². The van der Waals surface area contributed by atoms with Crippen LogP contribution >= 0.6 is 0 Å². The summed E-state index contributed by atoms with van der Waals surface area (Å²) in [6.45, 7) is 4.04. The molecule has 2 aromatic rings. The summed E-state index contributed by atoms with van der Waals surface area (Å²) < 4.78 is 36.4. The number of nitrogens with zero attached hydrogens (tertiary/aromatic N) is 1. The summed E-state index contributed by atoms with van der Waals surface area (Å²) in [5, 5.41) is 2.79. The molecule has 1 aliphatic heterocycles. The van der Waals surface area contributed by atoms with E-state index in [0.717, 1.165) is 28.1 Å². The molecule has 0 unspecified atom stereocenters. The molecule has 0 spiro atoms. The molecule has 7 nitrogen and oxygen atoms in total. The molecule has 3 rings (SSSR count). The highest BCUT2D eigenvalue weighted by atomic mass is 32.2. The molecule has 2 aromatic carbocycles. The van der Waals surface area contributed by atoms with Crippen molar-refractivity contribution in [3.8, 4) is 11.5 Å². The van der Waals surface area contributed by atoms with Gasteiger partial charge in [-0.05, 0) is 48.7 Å². The Morgan fingerprint density at radius 1 is 1.11 bits per heavy atom. The molecule has 0 aliphatic carbocycles. The molecule has 1 aliphatic rings. The summed E-state index contributed by atoms with van der Waals surface area (Å²) in [6, 6.07) is 11.7. The van der Waals surface area contributed by atoms with E-state index >= 15 is 0 Å². The number of benzene rings is 2. The Kier molecular flexibility index (Phi) is 5.79. The summed E-state index contributed by atoms with van der Waals surface area (Å²) >= 11 is 0. The quantitative estimate of drug-likeness (QED) is 0.766. The van der Waals surface area contributed by atoms with Crippen LogP contribution in [-0.2, 0) is 27.8 Å². The van der Waals surface area contributed by atoms with Gasteiger partial charge in [0, 0.05) is 6.54 Å². The maximum absolute atomic E-state index is 12.7. The first-order valence-corrected chi connectivity index (χ1v) is 10.9. The largest absolute Gasteiger partial charge is 0.454 e. The second-order valence-electron chi connectivity index (χ2n) is 6.66. The van der Waals surface area contributed by atoms with Gasteiger partial charge >= 0.3 is 0 Å². The number of amides is 1. The highest BCUT2D eigenvalue weighted by molar-refractivity contribution is 7.92. The maximum Gasteiger partial charge on any atom is 0.243 e. The van der Waals surface area contributed by atoms with E-state index in [1.54, 1.807) is 31.2 Å². The van der Waals surface area contributed by atoms with Gasteiger partial charge in [0.2, 0.25) is 22.7 Å². The van der Waals surface area contributed by atoms with Gasteiger partial charge < -0.3 is 14.8 Å². The van der Waals surface area contributed by atoms with Gasteiger partial charge in [-0.15, -0.1) is 0 Å². The van der Waals surface area contributed by atoms with E-state index in [1.807, 2.05) is 25.1 Å². The number of carbonyl (C=O) groups is 1. The van der Waals surface area contributed by atoms with Crippen LogP contribution in [0.25, 0.3) is 0 Å². The zero-order valence-corrected chi connectivity index (χ0v) is 17.0. The molecule has 0 bridgehead atoms. The van der Waals surface area contributed by atoms with Crippen LogP contribution in [0.3, 0.4) is 0 Å². The van der Waals surface area contributed by atoms with E-state index in [2.05, 4.69) is 5.32 Å². The van der Waals surface area contributed by atoms with E-state index in [0.29, 0.717) is 17.2 Å². The second-order valence-corrected chi connectivity index (χ2v) is 8.52. The molecular weight excluding hydrogens is 380 g/mol. The molecule has 150 valence electrons. The highest BCUT2D eigenvalue weighted by Crippen LogP contribution is 2.32. The Labute approximate surface area is 165 Å². The predicted molar refractivity (Wildman–Crippen MR) is 107 cm³/mol. The number of sulfonamides is 1. The van der Waals surface area contributed by atoms with Crippen molar-refractivity contribution in [2.45, 2.75) is 32.9 Å². The van der Waals surface area contributed by atoms with Crippen LogP contribution in [0, 0.1) is 0 Å². The van der Waals surface area contributed by atoms with E-state index < -0.39 is 16.1 Å². The Balaban J connectivity index is 1.72. The molecule has 0 fully saturated rings. The summed E-state index contributed by atoms with van der Waals surface area (Å²) in [5.74, 6) is 0.915. The lowest BCUT2D eigenvalue weighted by atomic mass is 10.1. The van der Waals surface area contributed by atoms with Crippen LogP contribution in [0.1, 0.15) is 25.0 Å². The zero-order chi connectivity index (χ0) is 20.3. The van der Waals surface area contributed by atoms with Gasteiger partial charge in [-0.1, -0.05) is 25.1 Å². The SMILES string of the molecule is CCc1ccc(N([C@@H](C)C(=O)NCc2ccc3c(c2)OCO3)S(C)(=O)=O)cc1. The van der Waals surface area contributed by atoms with Gasteiger partial charge in [0.1, 0.15) is 6.04 Å². The van der Waals surface area contributed by atoms with Gasteiger partial charge in [0.05, 0.1) is 11.9 Å². The monoisotopic (exact) mass is 404 g/mol. The minimum absolute atomic E-state index is 0.183. The van der Waals surface area contributed by atoms with Crippen molar-refractivity contribution < 1.29 is 22.7 Å². The minimum atomic E-state index is -3.64. The van der Waals surface area contributed by atoms with Crippen molar-refractivity contribution in [3.05, 3.63) is 53.6 Å². The highest BCUT2D eigenvalue weighted by Gasteiger charge is 2.29. The average Bonchev–Trinajstić information content (AvgIpc) is 3.13. The van der Waals surface area contributed by atoms with Crippen LogP contribution < -0.4 is 19.1 Å². The van der Waals surface area contributed by atoms with Crippen molar-refractivity contribution >= 4 is 21.6 Å². The number of nitrogens with one attached hydrogen (secondary N) is 1. The molecule has 0 saturated heterocycles. The molecule has 1 N–H and O–H groups in total. The smallest absolute Gasteiger partial charge is 0.243 e. The fourth-order valence-corrected chi connectivity index (χ4v) is 4.25. The van der Waals surface area contributed by atoms with Crippen molar-refractivity contribution in [2.75, 3.05) is 17.4 Å². The first-order valence-electron chi connectivity index (χ1n) is 9.04. The molecule has 8 heteroatoms. The van der Waals surface area contributed by atoms with Gasteiger partial charge in [-0.2, -0.15) is 0 Å². The number of anilines is 1. The topological polar surface area (TPSA) is 84.9 Å². The molecule has 0 radical (unpaired) electrons. The number of aryl methyl sites for hydroxylation is 1. The molecule has 0 aromatic heterocycles. The first-order chi connectivity index (χ1) is 13.3. The third-order valence-electron chi connectivity index (χ3n) is 4.59. The zero-order valence-electron chi connectivity index (χ0n) is 16.1. The second kappa shape index (κ2) is 8.10. The van der Waals surface area contributed by atoms with Crippen molar-refractivity contribution in [3.63, 3.8) is 0 Å². The fourth-order valence-electron chi connectivity index (χ4n) is 3.08. The van der Waals surface area contributed by atoms with Crippen LogP contribution in [0.4, 0.5) is 5.69 Å². The Bertz CT molecular complexity index is 957. The van der Waals surface area contributed by atoms with Crippen molar-refractivity contribution in [1.82, 2.24) is 5.32 Å². The Morgan fingerprint density at radius 2 is 1.75 bits per heavy atom. The molecule has 28 heavy (non-hydrogen) atoms. The van der Waals surface area contributed by atoms with Gasteiger partial charge in [-0.3, -0.25) is 9.10 Å². The van der Waals surface area contributed by atoms with Crippen molar-refractivity contribution in [2.24, 2.45) is 0 Å². The normalized spacial score (nSPS) is 13.8. The van der Waals surface area contributed by atoms with Gasteiger partial charge in [-0.25, -0.2) is 8.42 Å². The Hall–Kier alpha value is -2.74. The lowest BCUT2D eigenvalue weighted by molar-refractivity contribution is -0.122. The van der Waals surface area contributed by atoms with E-state index in [9.17, 15) is 13.2 Å². The summed E-state index contributed by atoms with van der Waals surface area (Å²) in [5.41, 5.74) is 2.39. The third-order valence-corrected chi connectivity index (χ3v) is 5.83. The van der Waals surface area contributed by atoms with E-state index in [4.69, 9.17) is 9.47 Å². The molecular formula is C20H24N2O5S. The number of carbonyl (C=O) groups excluding carboxylic acids is 1. The molecule has 1 heterocycles. The summed E-state index contributed by atoms with van der Waals surface area (Å²) in [4.78, 5) is 12.7. The molecule has 1 amide bonds. The van der Waals surface area contributed by atoms with Crippen LogP contribution in [0.2, 0.25) is 0 Å². The first kappa shape index (κ1) is 20.0. The molecule has 1 atom stereocenters. The van der Waals surface area contributed by atoms with Crippen LogP contribution in [0.15, 0.2) is 42.5 Å². The van der Waals surface area contributed by atoms with Gasteiger partial charge in [0.15, 0.2) is 11.5 Å². The maximum atomic E-state index is 12.7. The summed E-state index contributed by atoms with van der Waals surface area (Å²) in [6.07, 6.45) is 1.95. The number of fused-ring (bicyclic) bond motifs is 1. The fraction of sp³-hybridized carbons (Fsp3) is 0.350. The third kappa shape index (κ3) is 4.39. The van der Waals surface area contributed by atoms with Crippen molar-refractivity contribution in [1.29, 1.82) is 0 Å². The molecule has 0 saturated carbocycles. The standard InChI is InChI=1S/C20H24N2O5S/c1-4-15-5-8-17(9-6-15)22(28(3,24)25)14(2)20(23)21-12-16-7-10-18-19(11-16)27-13-26-18/h5-11,14H,4,12-13H2,1-3H3,(H,21,23)/t14-/m0/s1. The van der Waals surface area contributed by atoms with Crippen LogP contribution in [0.5, 0.6) is 11.5 Å². The number of ether oxygens (including phenoxy) is 2. The Morgan fingerprint density at radius 3 is 2.39 bits per heavy atom. The lowest BCUT2D eigenvalue weighted by Crippen LogP contribution is -2.47. The average molecular weight is 404 g/mol. The number of hydrogen-bond donors (Lipinski definition) is 1. The van der Waals surface area contributed by atoms with E-state index in [-0.39, 0.29) is 19.2 Å². The van der Waals surface area contributed by atoms with E-state index in [1.165, 1.54) is 0 Å². The predicted octanol–water partition coefficient (Wildman–Crippen LogP) is 2.45. The lowest BCUT2D eigenvalue weighted by Gasteiger charge is -2.28. The summed E-state index contributed by atoms with van der Waals surface area (Å²) in [7, 11) is -3.64.